The van der Waals surface area contributed by atoms with Crippen LogP contribution >= 0.6 is 0 Å². The van der Waals surface area contributed by atoms with Crippen molar-refractivity contribution < 1.29 is 21.9 Å². The molecule has 33 heavy (non-hydrogen) atoms. The Bertz CT molecular complexity index is 1120. The van der Waals surface area contributed by atoms with Crippen LogP contribution in [-0.2, 0) is 22.0 Å². The molecule has 0 aromatic heterocycles. The van der Waals surface area contributed by atoms with Crippen molar-refractivity contribution >= 4 is 9.84 Å². The molecule has 0 radical (unpaired) electrons. The molecule has 0 saturated carbocycles. The molecule has 0 unspecified atom stereocenters. The first-order chi connectivity index (χ1) is 15.4. The van der Waals surface area contributed by atoms with Gasteiger partial charge in [-0.25, -0.2) is 17.2 Å². The van der Waals surface area contributed by atoms with Gasteiger partial charge in [-0.15, -0.1) is 0 Å². The Morgan fingerprint density at radius 2 is 1.64 bits per heavy atom. The first-order valence-electron chi connectivity index (χ1n) is 11.7. The summed E-state index contributed by atoms with van der Waals surface area (Å²) in [5.74, 6) is -1.61. The minimum absolute atomic E-state index is 0.138. The van der Waals surface area contributed by atoms with E-state index in [4.69, 9.17) is 4.74 Å². The van der Waals surface area contributed by atoms with Gasteiger partial charge in [0.05, 0.1) is 5.75 Å². The molecule has 180 valence electrons. The van der Waals surface area contributed by atoms with Crippen molar-refractivity contribution in [2.75, 3.05) is 18.8 Å². The zero-order valence-corrected chi connectivity index (χ0v) is 20.7. The number of benzene rings is 2. The molecule has 0 amide bonds. The fraction of sp³-hybridized carbons (Fsp3) is 0.538. The molecule has 2 heterocycles. The molecule has 2 aromatic rings. The minimum Gasteiger partial charge on any atom is -0.487 e. The number of hydrogen-bond donors (Lipinski definition) is 0. The van der Waals surface area contributed by atoms with Crippen molar-refractivity contribution in [1.29, 1.82) is 0 Å². The van der Waals surface area contributed by atoms with Crippen molar-refractivity contribution in [2.45, 2.75) is 70.3 Å². The van der Waals surface area contributed by atoms with E-state index < -0.39 is 32.8 Å². The van der Waals surface area contributed by atoms with E-state index in [1.54, 1.807) is 0 Å². The van der Waals surface area contributed by atoms with E-state index in [9.17, 15) is 17.2 Å². The zero-order valence-electron chi connectivity index (χ0n) is 19.9. The van der Waals surface area contributed by atoms with Crippen LogP contribution in [0.4, 0.5) is 8.78 Å². The summed E-state index contributed by atoms with van der Waals surface area (Å²) in [4.78, 5) is 2.50. The summed E-state index contributed by atoms with van der Waals surface area (Å²) in [6, 6.07) is 8.09. The van der Waals surface area contributed by atoms with Crippen LogP contribution in [0.15, 0.2) is 30.3 Å². The first kappa shape index (κ1) is 24.1. The number of rotatable bonds is 4. The van der Waals surface area contributed by atoms with Crippen LogP contribution in [0.25, 0.3) is 11.1 Å². The van der Waals surface area contributed by atoms with Crippen molar-refractivity contribution in [3.8, 4) is 16.9 Å². The van der Waals surface area contributed by atoms with Gasteiger partial charge in [0.15, 0.2) is 9.84 Å². The fourth-order valence-corrected chi connectivity index (χ4v) is 5.79. The third-order valence-electron chi connectivity index (χ3n) is 7.14. The van der Waals surface area contributed by atoms with Crippen LogP contribution in [0.3, 0.4) is 0 Å². The number of piperidine rings is 1. The second-order valence-electron chi connectivity index (χ2n) is 10.4. The van der Waals surface area contributed by atoms with Gasteiger partial charge >= 0.3 is 0 Å². The number of fused-ring (bicyclic) bond motifs is 1. The maximum absolute atomic E-state index is 14.6. The van der Waals surface area contributed by atoms with Crippen LogP contribution in [0.5, 0.6) is 5.75 Å². The molecule has 0 N–H and O–H groups in total. The molecule has 7 heteroatoms. The van der Waals surface area contributed by atoms with Crippen LogP contribution < -0.4 is 4.74 Å². The van der Waals surface area contributed by atoms with Crippen LogP contribution in [0.2, 0.25) is 0 Å². The summed E-state index contributed by atoms with van der Waals surface area (Å²) < 4.78 is 59.4. The maximum atomic E-state index is 14.6. The Morgan fingerprint density at radius 1 is 1.00 bits per heavy atom. The normalized spacial score (nSPS) is 18.7. The van der Waals surface area contributed by atoms with Gasteiger partial charge in [0.1, 0.15) is 23.0 Å². The molecular weight excluding hydrogens is 444 g/mol. The molecule has 1 fully saturated rings. The lowest BCUT2D eigenvalue weighted by Gasteiger charge is -2.48. The van der Waals surface area contributed by atoms with Gasteiger partial charge in [0, 0.05) is 29.9 Å². The Hall–Kier alpha value is -1.99. The summed E-state index contributed by atoms with van der Waals surface area (Å²) in [5.41, 5.74) is 1.74. The van der Waals surface area contributed by atoms with Gasteiger partial charge in [0.25, 0.3) is 0 Å². The first-order valence-corrected chi connectivity index (χ1v) is 13.5. The number of aryl methyl sites for hydroxylation is 1. The van der Waals surface area contributed by atoms with Crippen molar-refractivity contribution in [3.05, 3.63) is 53.1 Å². The van der Waals surface area contributed by atoms with E-state index in [0.29, 0.717) is 11.1 Å². The summed E-state index contributed by atoms with van der Waals surface area (Å²) in [7, 11) is -3.53. The molecule has 0 atom stereocenters. The SMILES string of the molecule is CCS(=O)(=O)Cc1c(F)cc(-c2ccc3c(c2)CCC2(CCN(C(C)(C)C)CC2)O3)cc1F. The average molecular weight is 478 g/mol. The predicted molar refractivity (Wildman–Crippen MR) is 127 cm³/mol. The molecule has 2 aromatic carbocycles. The number of sulfone groups is 1. The van der Waals surface area contributed by atoms with E-state index in [1.807, 2.05) is 18.2 Å². The highest BCUT2D eigenvalue weighted by Gasteiger charge is 2.41. The maximum Gasteiger partial charge on any atom is 0.154 e. The molecule has 0 aliphatic carbocycles. The van der Waals surface area contributed by atoms with Crippen LogP contribution in [-0.4, -0.2) is 43.3 Å². The summed E-state index contributed by atoms with van der Waals surface area (Å²) in [6.45, 7) is 10.2. The largest absolute Gasteiger partial charge is 0.487 e. The molecule has 2 aliphatic heterocycles. The van der Waals surface area contributed by atoms with Gasteiger partial charge in [-0.2, -0.15) is 0 Å². The Balaban J connectivity index is 1.54. The smallest absolute Gasteiger partial charge is 0.154 e. The van der Waals surface area contributed by atoms with Crippen molar-refractivity contribution in [2.24, 2.45) is 0 Å². The second kappa shape index (κ2) is 8.66. The molecule has 1 spiro atoms. The lowest BCUT2D eigenvalue weighted by molar-refractivity contribution is -0.0355. The van der Waals surface area contributed by atoms with Gasteiger partial charge in [-0.1, -0.05) is 13.0 Å². The molecule has 1 saturated heterocycles. The number of likely N-dealkylation sites (tertiary alicyclic amines) is 1. The number of hydrogen-bond acceptors (Lipinski definition) is 4. The minimum atomic E-state index is -3.53. The second-order valence-corrected chi connectivity index (χ2v) is 12.7. The van der Waals surface area contributed by atoms with Gasteiger partial charge in [-0.05, 0) is 87.4 Å². The quantitative estimate of drug-likeness (QED) is 0.581. The monoisotopic (exact) mass is 477 g/mol. The molecule has 4 rings (SSSR count). The third-order valence-corrected chi connectivity index (χ3v) is 8.75. The lowest BCUT2D eigenvalue weighted by atomic mass is 9.81. The summed E-state index contributed by atoms with van der Waals surface area (Å²) in [6.07, 6.45) is 3.77. The lowest BCUT2D eigenvalue weighted by Crippen LogP contribution is -2.54. The van der Waals surface area contributed by atoms with Crippen molar-refractivity contribution in [3.63, 3.8) is 0 Å². The van der Waals surface area contributed by atoms with E-state index in [0.717, 1.165) is 50.1 Å². The van der Waals surface area contributed by atoms with Gasteiger partial charge in [-0.3, -0.25) is 4.90 Å². The fourth-order valence-electron chi connectivity index (χ4n) is 4.87. The van der Waals surface area contributed by atoms with Gasteiger partial charge < -0.3 is 4.74 Å². The average Bonchev–Trinajstić information content (AvgIpc) is 2.75. The van der Waals surface area contributed by atoms with E-state index >= 15 is 0 Å². The molecule has 4 nitrogen and oxygen atoms in total. The summed E-state index contributed by atoms with van der Waals surface area (Å²) in [5, 5.41) is 0. The van der Waals surface area contributed by atoms with Crippen LogP contribution in [0, 0.1) is 11.6 Å². The standard InChI is InChI=1S/C26H33F2NO3S/c1-5-33(30,31)17-21-22(27)15-20(16-23(21)28)18-6-7-24-19(14-18)8-9-26(32-24)10-12-29(13-11-26)25(2,3)4/h6-7,14-16H,5,8-13,17H2,1-4H3. The number of nitrogens with zero attached hydrogens (tertiary/aromatic N) is 1. The zero-order chi connectivity index (χ0) is 24.0. The highest BCUT2D eigenvalue weighted by Crippen LogP contribution is 2.41. The molecular formula is C26H33F2NO3S. The van der Waals surface area contributed by atoms with Crippen molar-refractivity contribution in [1.82, 2.24) is 4.90 Å². The topological polar surface area (TPSA) is 46.6 Å². The van der Waals surface area contributed by atoms with Gasteiger partial charge in [0.2, 0.25) is 0 Å². The van der Waals surface area contributed by atoms with E-state index in [-0.39, 0.29) is 16.9 Å². The Morgan fingerprint density at radius 3 is 2.21 bits per heavy atom. The Kier molecular flexibility index (Phi) is 6.33. The molecule has 2 aliphatic rings. The molecule has 0 bridgehead atoms. The van der Waals surface area contributed by atoms with Crippen LogP contribution in [0.1, 0.15) is 58.1 Å². The highest BCUT2D eigenvalue weighted by atomic mass is 32.2. The number of halogens is 2. The summed E-state index contributed by atoms with van der Waals surface area (Å²) >= 11 is 0. The highest BCUT2D eigenvalue weighted by molar-refractivity contribution is 7.90. The van der Waals surface area contributed by atoms with E-state index in [2.05, 4.69) is 25.7 Å². The van der Waals surface area contributed by atoms with E-state index in [1.165, 1.54) is 19.1 Å². The third kappa shape index (κ3) is 5.09. The Labute approximate surface area is 195 Å². The number of ether oxygens (including phenoxy) is 1. The predicted octanol–water partition coefficient (Wildman–Crippen LogP) is 5.52.